The third kappa shape index (κ3) is 6.16. The Balaban J connectivity index is 1.40. The maximum absolute atomic E-state index is 13.9. The van der Waals surface area contributed by atoms with Crippen LogP contribution in [0.3, 0.4) is 0 Å². The molecule has 1 saturated heterocycles. The first-order chi connectivity index (χ1) is 15.2. The second-order valence-corrected chi connectivity index (χ2v) is 9.30. The molecular formula is C24H25F2NO4S. The Morgan fingerprint density at radius 3 is 2.31 bits per heavy atom. The lowest BCUT2D eigenvalue weighted by Gasteiger charge is -2.31. The summed E-state index contributed by atoms with van der Waals surface area (Å²) in [5.74, 6) is -2.71. The Morgan fingerprint density at radius 2 is 1.66 bits per heavy atom. The molecule has 0 atom stereocenters. The molecule has 8 heteroatoms. The van der Waals surface area contributed by atoms with Gasteiger partial charge < -0.3 is 4.90 Å². The van der Waals surface area contributed by atoms with Crippen molar-refractivity contribution in [1.82, 2.24) is 4.90 Å². The number of aryl methyl sites for hydroxylation is 1. The predicted octanol–water partition coefficient (Wildman–Crippen LogP) is 4.77. The smallest absolute Gasteiger partial charge is 0.223 e. The third-order valence-corrected chi connectivity index (χ3v) is 6.72. The van der Waals surface area contributed by atoms with E-state index in [1.54, 1.807) is 11.0 Å². The van der Waals surface area contributed by atoms with Crippen LogP contribution in [-0.2, 0) is 9.59 Å². The van der Waals surface area contributed by atoms with E-state index >= 15 is 0 Å². The molecule has 0 bridgehead atoms. The molecule has 1 fully saturated rings. The van der Waals surface area contributed by atoms with E-state index in [0.717, 1.165) is 23.1 Å². The summed E-state index contributed by atoms with van der Waals surface area (Å²) in [5.41, 5.74) is -0.257. The van der Waals surface area contributed by atoms with E-state index < -0.39 is 23.3 Å². The molecule has 5 nitrogen and oxygen atoms in total. The minimum Gasteiger partial charge on any atom is -0.343 e. The van der Waals surface area contributed by atoms with Crippen LogP contribution in [0.5, 0.6) is 0 Å². The average molecular weight is 462 g/mol. The molecule has 1 aromatic heterocycles. The number of ketones is 3. The second kappa shape index (κ2) is 10.7. The maximum Gasteiger partial charge on any atom is 0.223 e. The van der Waals surface area contributed by atoms with Gasteiger partial charge in [-0.05, 0) is 50.1 Å². The largest absolute Gasteiger partial charge is 0.343 e. The highest BCUT2D eigenvalue weighted by molar-refractivity contribution is 7.14. The van der Waals surface area contributed by atoms with E-state index in [4.69, 9.17) is 0 Å². The van der Waals surface area contributed by atoms with Crippen molar-refractivity contribution in [2.24, 2.45) is 5.92 Å². The van der Waals surface area contributed by atoms with Crippen molar-refractivity contribution in [2.75, 3.05) is 13.1 Å². The van der Waals surface area contributed by atoms with Gasteiger partial charge in [0.15, 0.2) is 11.6 Å². The molecule has 170 valence electrons. The van der Waals surface area contributed by atoms with Crippen LogP contribution in [-0.4, -0.2) is 41.2 Å². The fourth-order valence-corrected chi connectivity index (χ4v) is 4.62. The molecule has 1 aliphatic heterocycles. The number of likely N-dealkylation sites (tertiary alicyclic amines) is 1. The highest BCUT2D eigenvalue weighted by Gasteiger charge is 2.29. The van der Waals surface area contributed by atoms with Crippen molar-refractivity contribution in [1.29, 1.82) is 0 Å². The molecule has 1 aromatic carbocycles. The molecule has 0 N–H and O–H groups in total. The molecule has 1 aliphatic rings. The topological polar surface area (TPSA) is 71.5 Å². The van der Waals surface area contributed by atoms with Gasteiger partial charge in [-0.3, -0.25) is 19.2 Å². The van der Waals surface area contributed by atoms with Crippen molar-refractivity contribution in [3.63, 3.8) is 0 Å². The number of carbonyl (C=O) groups excluding carboxylic acids is 4. The van der Waals surface area contributed by atoms with Crippen LogP contribution in [0.15, 0.2) is 30.3 Å². The van der Waals surface area contributed by atoms with Crippen molar-refractivity contribution in [3.05, 3.63) is 57.3 Å². The zero-order chi connectivity index (χ0) is 23.3. The first-order valence-corrected chi connectivity index (χ1v) is 11.4. The Kier molecular flexibility index (Phi) is 8.01. The van der Waals surface area contributed by atoms with Crippen LogP contribution in [0.2, 0.25) is 0 Å². The summed E-state index contributed by atoms with van der Waals surface area (Å²) in [6, 6.07) is 6.43. The lowest BCUT2D eigenvalue weighted by Crippen LogP contribution is -2.40. The molecule has 1 amide bonds. The van der Waals surface area contributed by atoms with Crippen LogP contribution in [0.1, 0.15) is 63.4 Å². The standard InChI is InChI=1S/C24H25F2NO4S/c1-15-2-8-22(32-15)21(29)7-4-18(28)5-9-23(30)27-12-10-16(11-13-27)24(31)19-14-17(25)3-6-20(19)26/h2-3,6,8,14,16H,4-5,7,9-13H2,1H3. The maximum atomic E-state index is 13.9. The summed E-state index contributed by atoms with van der Waals surface area (Å²) in [7, 11) is 0. The second-order valence-electron chi connectivity index (χ2n) is 8.02. The van der Waals surface area contributed by atoms with E-state index in [1.807, 2.05) is 13.0 Å². The monoisotopic (exact) mass is 461 g/mol. The fraction of sp³-hybridized carbons (Fsp3) is 0.417. The van der Waals surface area contributed by atoms with E-state index in [9.17, 15) is 28.0 Å². The van der Waals surface area contributed by atoms with E-state index in [-0.39, 0.29) is 48.7 Å². The number of Topliss-reactive ketones (excluding diaryl/α,β-unsaturated/α-hetero) is 3. The molecular weight excluding hydrogens is 436 g/mol. The Labute approximate surface area is 189 Å². The van der Waals surface area contributed by atoms with Gasteiger partial charge >= 0.3 is 0 Å². The van der Waals surface area contributed by atoms with Crippen molar-refractivity contribution >= 4 is 34.6 Å². The van der Waals surface area contributed by atoms with Crippen molar-refractivity contribution in [2.45, 2.75) is 45.4 Å². The van der Waals surface area contributed by atoms with Crippen molar-refractivity contribution in [3.8, 4) is 0 Å². The average Bonchev–Trinajstić information content (AvgIpc) is 3.23. The Morgan fingerprint density at radius 1 is 0.969 bits per heavy atom. The molecule has 2 heterocycles. The number of amides is 1. The lowest BCUT2D eigenvalue weighted by molar-refractivity contribution is -0.134. The summed E-state index contributed by atoms with van der Waals surface area (Å²) in [6.45, 7) is 2.57. The summed E-state index contributed by atoms with van der Waals surface area (Å²) in [5, 5.41) is 0. The predicted molar refractivity (Wildman–Crippen MR) is 117 cm³/mol. The summed E-state index contributed by atoms with van der Waals surface area (Å²) in [6.07, 6.45) is 1.10. The third-order valence-electron chi connectivity index (χ3n) is 5.68. The first-order valence-electron chi connectivity index (χ1n) is 10.6. The number of nitrogens with zero attached hydrogens (tertiary/aromatic N) is 1. The number of thiophene rings is 1. The Hall–Kier alpha value is -2.74. The van der Waals surface area contributed by atoms with E-state index in [0.29, 0.717) is 30.8 Å². The van der Waals surface area contributed by atoms with Crippen LogP contribution in [0.4, 0.5) is 8.78 Å². The molecule has 32 heavy (non-hydrogen) atoms. The molecule has 2 aromatic rings. The van der Waals surface area contributed by atoms with Gasteiger partial charge in [-0.2, -0.15) is 0 Å². The minimum atomic E-state index is -0.749. The van der Waals surface area contributed by atoms with Gasteiger partial charge in [0.1, 0.15) is 17.4 Å². The van der Waals surface area contributed by atoms with E-state index in [2.05, 4.69) is 0 Å². The summed E-state index contributed by atoms with van der Waals surface area (Å²) >= 11 is 1.40. The van der Waals surface area contributed by atoms with Gasteiger partial charge in [0.25, 0.3) is 0 Å². The fourth-order valence-electron chi connectivity index (χ4n) is 3.79. The highest BCUT2D eigenvalue weighted by Crippen LogP contribution is 2.24. The molecule has 0 saturated carbocycles. The summed E-state index contributed by atoms with van der Waals surface area (Å²) < 4.78 is 27.2. The number of halogens is 2. The van der Waals surface area contributed by atoms with Gasteiger partial charge in [0.05, 0.1) is 10.4 Å². The first kappa shape index (κ1) is 23.9. The molecule has 0 unspecified atom stereocenters. The Bertz CT molecular complexity index is 1020. The molecule has 0 spiro atoms. The molecule has 0 radical (unpaired) electrons. The van der Waals surface area contributed by atoms with Gasteiger partial charge in [0, 0.05) is 49.6 Å². The quantitative estimate of drug-likeness (QED) is 0.505. The normalized spacial score (nSPS) is 14.4. The van der Waals surface area contributed by atoms with Gasteiger partial charge in [-0.15, -0.1) is 11.3 Å². The number of piperidine rings is 1. The SMILES string of the molecule is Cc1ccc(C(=O)CCC(=O)CCC(=O)N2CCC(C(=O)c3cc(F)ccc3F)CC2)s1. The van der Waals surface area contributed by atoms with Crippen molar-refractivity contribution < 1.29 is 28.0 Å². The van der Waals surface area contributed by atoms with Gasteiger partial charge in [-0.25, -0.2) is 8.78 Å². The molecule has 0 aliphatic carbocycles. The zero-order valence-corrected chi connectivity index (χ0v) is 18.7. The van der Waals surface area contributed by atoms with Crippen LogP contribution < -0.4 is 0 Å². The highest BCUT2D eigenvalue weighted by atomic mass is 32.1. The number of hydrogen-bond acceptors (Lipinski definition) is 5. The number of rotatable bonds is 9. The number of hydrogen-bond donors (Lipinski definition) is 0. The zero-order valence-electron chi connectivity index (χ0n) is 17.9. The lowest BCUT2D eigenvalue weighted by atomic mass is 9.88. The number of carbonyl (C=O) groups is 4. The minimum absolute atomic E-state index is 0.0578. The van der Waals surface area contributed by atoms with Gasteiger partial charge in [0.2, 0.25) is 5.91 Å². The van der Waals surface area contributed by atoms with Gasteiger partial charge in [-0.1, -0.05) is 0 Å². The van der Waals surface area contributed by atoms with Crippen LogP contribution in [0.25, 0.3) is 0 Å². The van der Waals surface area contributed by atoms with E-state index in [1.165, 1.54) is 11.3 Å². The number of benzene rings is 1. The summed E-state index contributed by atoms with van der Waals surface area (Å²) in [4.78, 5) is 52.4. The van der Waals surface area contributed by atoms with Crippen LogP contribution in [0, 0.1) is 24.5 Å². The molecule has 3 rings (SSSR count). The van der Waals surface area contributed by atoms with Crippen LogP contribution >= 0.6 is 11.3 Å².